The largest absolute Gasteiger partial charge is 0.494 e. The first-order chi connectivity index (χ1) is 12.2. The van der Waals surface area contributed by atoms with E-state index in [1.54, 1.807) is 18.5 Å². The molecule has 0 aliphatic carbocycles. The molecule has 0 spiro atoms. The maximum atomic E-state index is 12.5. The van der Waals surface area contributed by atoms with Gasteiger partial charge in [-0.05, 0) is 48.9 Å². The molecular weight excluding hydrogens is 336 g/mol. The minimum Gasteiger partial charge on any atom is -0.494 e. The van der Waals surface area contributed by atoms with Crippen LogP contribution in [0.3, 0.4) is 0 Å². The van der Waals surface area contributed by atoms with Crippen LogP contribution < -0.4 is 14.8 Å². The van der Waals surface area contributed by atoms with E-state index in [1.807, 2.05) is 43.3 Å². The van der Waals surface area contributed by atoms with Crippen LogP contribution in [0.5, 0.6) is 5.75 Å². The Morgan fingerprint density at radius 1 is 1.24 bits per heavy atom. The maximum Gasteiger partial charge on any atom is 0.291 e. The lowest BCUT2D eigenvalue weighted by Gasteiger charge is -2.02. The second kappa shape index (κ2) is 6.45. The Morgan fingerprint density at radius 2 is 2.08 bits per heavy atom. The van der Waals surface area contributed by atoms with Gasteiger partial charge in [-0.25, -0.2) is 0 Å². The maximum absolute atomic E-state index is 12.5. The molecule has 0 atom stereocenters. The normalized spacial score (nSPS) is 12.0. The molecule has 0 bridgehead atoms. The summed E-state index contributed by atoms with van der Waals surface area (Å²) in [6, 6.07) is 11.2. The fourth-order valence-electron chi connectivity index (χ4n) is 2.44. The number of rotatable bonds is 4. The Hall–Kier alpha value is -3.06. The van der Waals surface area contributed by atoms with Crippen molar-refractivity contribution >= 4 is 22.4 Å². The third kappa shape index (κ3) is 3.01. The van der Waals surface area contributed by atoms with E-state index in [1.165, 1.54) is 15.9 Å². The molecule has 3 aromatic heterocycles. The van der Waals surface area contributed by atoms with Crippen LogP contribution in [0.25, 0.3) is 22.4 Å². The van der Waals surface area contributed by atoms with Gasteiger partial charge in [0.05, 0.1) is 11.1 Å². The molecule has 0 aliphatic heterocycles. The molecule has 6 nitrogen and oxygen atoms in total. The first-order valence-corrected chi connectivity index (χ1v) is 8.61. The molecule has 4 rings (SSSR count). The van der Waals surface area contributed by atoms with Gasteiger partial charge in [0, 0.05) is 18.0 Å². The Morgan fingerprint density at radius 3 is 2.76 bits per heavy atom. The smallest absolute Gasteiger partial charge is 0.291 e. The highest BCUT2D eigenvalue weighted by atomic mass is 32.1. The minimum absolute atomic E-state index is 0.173. The fraction of sp³-hybridized carbons (Fsp3) is 0.111. The molecule has 4 aromatic rings. The Labute approximate surface area is 147 Å². The highest BCUT2D eigenvalue weighted by Gasteiger charge is 2.12. The van der Waals surface area contributed by atoms with Crippen LogP contribution in [0, 0.1) is 0 Å². The van der Waals surface area contributed by atoms with Crippen LogP contribution in [-0.4, -0.2) is 26.2 Å². The summed E-state index contributed by atoms with van der Waals surface area (Å²) >= 11 is 1.31. The quantitative estimate of drug-likeness (QED) is 0.564. The number of fused-ring (bicyclic) bond motifs is 1. The summed E-state index contributed by atoms with van der Waals surface area (Å²) < 4.78 is 7.36. The minimum atomic E-state index is -0.173. The molecule has 0 aliphatic rings. The monoisotopic (exact) mass is 350 g/mol. The van der Waals surface area contributed by atoms with Crippen LogP contribution in [0.15, 0.2) is 53.6 Å². The average Bonchev–Trinajstić information content (AvgIpc) is 3.17. The van der Waals surface area contributed by atoms with Crippen molar-refractivity contribution in [3.8, 4) is 17.1 Å². The first-order valence-electron chi connectivity index (χ1n) is 7.79. The van der Waals surface area contributed by atoms with Gasteiger partial charge in [0.2, 0.25) is 4.96 Å². The molecule has 0 amide bonds. The summed E-state index contributed by atoms with van der Waals surface area (Å²) in [4.78, 5) is 21.6. The molecule has 25 heavy (non-hydrogen) atoms. The van der Waals surface area contributed by atoms with Crippen LogP contribution in [0.2, 0.25) is 0 Å². The first kappa shape index (κ1) is 15.5. The van der Waals surface area contributed by atoms with Crippen molar-refractivity contribution < 1.29 is 4.74 Å². The van der Waals surface area contributed by atoms with E-state index in [2.05, 4.69) is 15.1 Å². The zero-order valence-electron chi connectivity index (χ0n) is 13.4. The number of aromatic nitrogens is 4. The van der Waals surface area contributed by atoms with Crippen molar-refractivity contribution in [3.05, 3.63) is 69.2 Å². The molecule has 0 saturated carbocycles. The second-order valence-electron chi connectivity index (χ2n) is 5.29. The number of benzene rings is 1. The average molecular weight is 350 g/mol. The van der Waals surface area contributed by atoms with Gasteiger partial charge in [-0.15, -0.1) is 5.10 Å². The molecular formula is C18H14N4O2S. The second-order valence-corrected chi connectivity index (χ2v) is 6.30. The summed E-state index contributed by atoms with van der Waals surface area (Å²) in [5, 5.41) is 4.35. The Bertz CT molecular complexity index is 1120. The molecule has 0 N–H and O–H groups in total. The summed E-state index contributed by atoms with van der Waals surface area (Å²) in [5.41, 5.74) is 1.54. The fourth-order valence-corrected chi connectivity index (χ4v) is 3.34. The zero-order valence-corrected chi connectivity index (χ0v) is 14.2. The highest BCUT2D eigenvalue weighted by molar-refractivity contribution is 7.15. The van der Waals surface area contributed by atoms with E-state index in [4.69, 9.17) is 4.74 Å². The SMILES string of the molecule is CCOc1ccc(-c2nc3sc(=Cc4cccnc4)c(=O)n3n2)cc1. The van der Waals surface area contributed by atoms with Crippen LogP contribution in [-0.2, 0) is 0 Å². The van der Waals surface area contributed by atoms with E-state index in [0.29, 0.717) is 21.9 Å². The number of nitrogens with zero attached hydrogens (tertiary/aromatic N) is 4. The topological polar surface area (TPSA) is 69.4 Å². The molecule has 0 radical (unpaired) electrons. The number of pyridine rings is 1. The molecule has 3 heterocycles. The van der Waals surface area contributed by atoms with Gasteiger partial charge in [-0.2, -0.15) is 9.50 Å². The van der Waals surface area contributed by atoms with Crippen molar-refractivity contribution in [2.24, 2.45) is 0 Å². The van der Waals surface area contributed by atoms with Gasteiger partial charge in [0.25, 0.3) is 5.56 Å². The van der Waals surface area contributed by atoms with Gasteiger partial charge in [0.1, 0.15) is 5.75 Å². The Balaban J connectivity index is 1.73. The molecule has 1 aromatic carbocycles. The number of ether oxygens (including phenoxy) is 1. The van der Waals surface area contributed by atoms with Gasteiger partial charge in [0.15, 0.2) is 5.82 Å². The lowest BCUT2D eigenvalue weighted by atomic mass is 10.2. The third-order valence-electron chi connectivity index (χ3n) is 3.59. The summed E-state index contributed by atoms with van der Waals surface area (Å²) in [6.45, 7) is 2.56. The lowest BCUT2D eigenvalue weighted by molar-refractivity contribution is 0.340. The van der Waals surface area contributed by atoms with Crippen molar-refractivity contribution in [2.75, 3.05) is 6.61 Å². The summed E-state index contributed by atoms with van der Waals surface area (Å²) in [5.74, 6) is 1.32. The van der Waals surface area contributed by atoms with E-state index >= 15 is 0 Å². The molecule has 0 saturated heterocycles. The van der Waals surface area contributed by atoms with Gasteiger partial charge < -0.3 is 4.74 Å². The number of thiazole rings is 1. The molecule has 0 fully saturated rings. The Kier molecular flexibility index (Phi) is 3.99. The standard InChI is InChI=1S/C18H14N4O2S/c1-2-24-14-7-5-13(6-8-14)16-20-18-22(21-16)17(23)15(25-18)10-12-4-3-9-19-11-12/h3-11H,2H2,1H3. The number of hydrogen-bond acceptors (Lipinski definition) is 6. The van der Waals surface area contributed by atoms with Gasteiger partial charge in [-0.1, -0.05) is 17.4 Å². The lowest BCUT2D eigenvalue weighted by Crippen LogP contribution is -2.23. The summed E-state index contributed by atoms with van der Waals surface area (Å²) in [6.07, 6.45) is 5.20. The van der Waals surface area contributed by atoms with Crippen molar-refractivity contribution in [3.63, 3.8) is 0 Å². The van der Waals surface area contributed by atoms with Gasteiger partial charge >= 0.3 is 0 Å². The summed E-state index contributed by atoms with van der Waals surface area (Å²) in [7, 11) is 0. The predicted molar refractivity (Wildman–Crippen MR) is 96.8 cm³/mol. The third-order valence-corrected chi connectivity index (χ3v) is 4.55. The van der Waals surface area contributed by atoms with Crippen LogP contribution in [0.1, 0.15) is 12.5 Å². The van der Waals surface area contributed by atoms with Crippen LogP contribution >= 0.6 is 11.3 Å². The zero-order chi connectivity index (χ0) is 17.2. The van der Waals surface area contributed by atoms with Crippen LogP contribution in [0.4, 0.5) is 0 Å². The number of hydrogen-bond donors (Lipinski definition) is 0. The van der Waals surface area contributed by atoms with E-state index in [-0.39, 0.29) is 5.56 Å². The van der Waals surface area contributed by atoms with E-state index in [0.717, 1.165) is 16.9 Å². The van der Waals surface area contributed by atoms with Gasteiger partial charge in [-0.3, -0.25) is 9.78 Å². The van der Waals surface area contributed by atoms with Crippen molar-refractivity contribution in [1.82, 2.24) is 19.6 Å². The molecule has 7 heteroatoms. The van der Waals surface area contributed by atoms with Crippen molar-refractivity contribution in [1.29, 1.82) is 0 Å². The van der Waals surface area contributed by atoms with Crippen molar-refractivity contribution in [2.45, 2.75) is 6.92 Å². The molecule has 0 unspecified atom stereocenters. The predicted octanol–water partition coefficient (Wildman–Crippen LogP) is 2.16. The van der Waals surface area contributed by atoms with E-state index < -0.39 is 0 Å². The van der Waals surface area contributed by atoms with E-state index in [9.17, 15) is 4.79 Å². The highest BCUT2D eigenvalue weighted by Crippen LogP contribution is 2.20. The molecule has 124 valence electrons.